The Morgan fingerprint density at radius 2 is 1.64 bits per heavy atom. The minimum Gasteiger partial charge on any atom is -0.345 e. The van der Waals surface area contributed by atoms with Crippen molar-refractivity contribution >= 4 is 15.9 Å². The fourth-order valence-electron chi connectivity index (χ4n) is 4.26. The molecule has 1 saturated heterocycles. The lowest BCUT2D eigenvalue weighted by atomic mass is 9.87. The molecule has 1 atom stereocenters. The predicted molar refractivity (Wildman–Crippen MR) is 109 cm³/mol. The third-order valence-electron chi connectivity index (χ3n) is 5.74. The van der Waals surface area contributed by atoms with Crippen molar-refractivity contribution in [2.45, 2.75) is 49.5 Å². The Balaban J connectivity index is 1.61. The van der Waals surface area contributed by atoms with Crippen molar-refractivity contribution < 1.29 is 13.2 Å². The molecule has 0 saturated carbocycles. The molecule has 4 rings (SSSR count). The Bertz CT molecular complexity index is 965. The van der Waals surface area contributed by atoms with Gasteiger partial charge in [0.15, 0.2) is 0 Å². The number of hydrogen-bond acceptors (Lipinski definition) is 3. The number of fused-ring (bicyclic) bond motifs is 1. The van der Waals surface area contributed by atoms with Crippen LogP contribution < -0.4 is 5.32 Å². The van der Waals surface area contributed by atoms with Crippen molar-refractivity contribution in [3.63, 3.8) is 0 Å². The number of piperidine rings is 1. The van der Waals surface area contributed by atoms with Gasteiger partial charge in [-0.3, -0.25) is 4.79 Å². The summed E-state index contributed by atoms with van der Waals surface area (Å²) in [5.74, 6) is -0.321. The van der Waals surface area contributed by atoms with E-state index in [0.717, 1.165) is 44.1 Å². The normalized spacial score (nSPS) is 20.4. The first kappa shape index (κ1) is 19.2. The fourth-order valence-corrected chi connectivity index (χ4v) is 5.97. The first-order chi connectivity index (χ1) is 13.6. The van der Waals surface area contributed by atoms with Crippen molar-refractivity contribution in [1.29, 1.82) is 0 Å². The molecule has 5 nitrogen and oxygen atoms in total. The van der Waals surface area contributed by atoms with Gasteiger partial charge in [0.05, 0.1) is 16.5 Å². The van der Waals surface area contributed by atoms with E-state index in [1.165, 1.54) is 9.87 Å². The van der Waals surface area contributed by atoms with Gasteiger partial charge in [0.2, 0.25) is 10.0 Å². The van der Waals surface area contributed by atoms with Crippen LogP contribution in [0.5, 0.6) is 0 Å². The van der Waals surface area contributed by atoms with Crippen LogP contribution in [0.3, 0.4) is 0 Å². The highest BCUT2D eigenvalue weighted by Gasteiger charge is 2.31. The highest BCUT2D eigenvalue weighted by atomic mass is 32.2. The average molecular weight is 399 g/mol. The standard InChI is InChI=1S/C22H26N2O3S/c25-22(23-20-13-8-10-17-9-2-3-11-18(17)20)19-12-4-5-14-21(19)28(26,27)24-15-6-1-7-16-24/h2-5,9,11-12,14,20H,1,6-8,10,13,15-16H2,(H,23,25). The molecule has 148 valence electrons. The molecule has 2 aromatic rings. The molecule has 2 aliphatic rings. The summed E-state index contributed by atoms with van der Waals surface area (Å²) in [6.07, 6.45) is 5.68. The number of nitrogens with zero attached hydrogens (tertiary/aromatic N) is 1. The summed E-state index contributed by atoms with van der Waals surface area (Å²) in [6, 6.07) is 14.6. The molecule has 6 heteroatoms. The van der Waals surface area contributed by atoms with Crippen LogP contribution in [-0.4, -0.2) is 31.7 Å². The molecule has 1 aliphatic heterocycles. The van der Waals surface area contributed by atoms with Gasteiger partial charge in [-0.25, -0.2) is 8.42 Å². The van der Waals surface area contributed by atoms with Crippen LogP contribution in [0, 0.1) is 0 Å². The Morgan fingerprint density at radius 1 is 0.929 bits per heavy atom. The monoisotopic (exact) mass is 398 g/mol. The fraction of sp³-hybridized carbons (Fsp3) is 0.409. The molecule has 1 N–H and O–H groups in total. The van der Waals surface area contributed by atoms with Crippen LogP contribution in [-0.2, 0) is 16.4 Å². The molecule has 28 heavy (non-hydrogen) atoms. The molecule has 1 unspecified atom stereocenters. The lowest BCUT2D eigenvalue weighted by Gasteiger charge is -2.28. The number of nitrogens with one attached hydrogen (secondary N) is 1. The maximum Gasteiger partial charge on any atom is 0.253 e. The summed E-state index contributed by atoms with van der Waals surface area (Å²) >= 11 is 0. The van der Waals surface area contributed by atoms with Crippen molar-refractivity contribution in [3.05, 3.63) is 65.2 Å². The first-order valence-electron chi connectivity index (χ1n) is 10.1. The number of hydrogen-bond donors (Lipinski definition) is 1. The van der Waals surface area contributed by atoms with Gasteiger partial charge in [-0.1, -0.05) is 42.8 Å². The van der Waals surface area contributed by atoms with Crippen LogP contribution in [0.2, 0.25) is 0 Å². The highest BCUT2D eigenvalue weighted by molar-refractivity contribution is 7.89. The summed E-state index contributed by atoms with van der Waals surface area (Å²) in [4.78, 5) is 13.2. The summed E-state index contributed by atoms with van der Waals surface area (Å²) < 4.78 is 27.8. The number of benzene rings is 2. The quantitative estimate of drug-likeness (QED) is 0.855. The minimum absolute atomic E-state index is 0.0804. The topological polar surface area (TPSA) is 66.5 Å². The van der Waals surface area contributed by atoms with Crippen molar-refractivity contribution in [2.24, 2.45) is 0 Å². The second-order valence-electron chi connectivity index (χ2n) is 7.58. The molecule has 0 bridgehead atoms. The van der Waals surface area contributed by atoms with Crippen molar-refractivity contribution in [2.75, 3.05) is 13.1 Å². The van der Waals surface area contributed by atoms with E-state index < -0.39 is 10.0 Å². The minimum atomic E-state index is -3.67. The Labute approximate surface area is 166 Å². The Kier molecular flexibility index (Phi) is 5.51. The number of sulfonamides is 1. The van der Waals surface area contributed by atoms with Crippen LogP contribution in [0.25, 0.3) is 0 Å². The maximum absolute atomic E-state index is 13.1. The number of amides is 1. The van der Waals surface area contributed by atoms with E-state index in [1.807, 2.05) is 12.1 Å². The van der Waals surface area contributed by atoms with Crippen LogP contribution >= 0.6 is 0 Å². The van der Waals surface area contributed by atoms with Crippen LogP contribution in [0.1, 0.15) is 59.6 Å². The molecule has 0 spiro atoms. The summed E-state index contributed by atoms with van der Waals surface area (Å²) in [7, 11) is -3.67. The zero-order valence-corrected chi connectivity index (χ0v) is 16.7. The molecule has 1 fully saturated rings. The van der Waals surface area contributed by atoms with Gasteiger partial charge in [0.1, 0.15) is 0 Å². The highest BCUT2D eigenvalue weighted by Crippen LogP contribution is 2.30. The molecule has 2 aromatic carbocycles. The third kappa shape index (κ3) is 3.71. The Hall–Kier alpha value is -2.18. The van der Waals surface area contributed by atoms with E-state index in [1.54, 1.807) is 24.3 Å². The maximum atomic E-state index is 13.1. The molecule has 1 amide bonds. The largest absolute Gasteiger partial charge is 0.345 e. The van der Waals surface area contributed by atoms with Gasteiger partial charge in [-0.15, -0.1) is 0 Å². The zero-order valence-electron chi connectivity index (χ0n) is 15.9. The molecule has 1 heterocycles. The second-order valence-corrected chi connectivity index (χ2v) is 9.48. The van der Waals surface area contributed by atoms with Crippen LogP contribution in [0.4, 0.5) is 0 Å². The van der Waals surface area contributed by atoms with Crippen LogP contribution in [0.15, 0.2) is 53.4 Å². The molecule has 1 aliphatic carbocycles. The predicted octanol–water partition coefficient (Wildman–Crippen LogP) is 3.67. The SMILES string of the molecule is O=C(NC1CCCc2ccccc21)c1ccccc1S(=O)(=O)N1CCCCC1. The van der Waals surface area contributed by atoms with Gasteiger partial charge < -0.3 is 5.32 Å². The number of carbonyl (C=O) groups excluding carboxylic acids is 1. The van der Waals surface area contributed by atoms with Gasteiger partial charge in [0, 0.05) is 13.1 Å². The second kappa shape index (κ2) is 8.05. The van der Waals surface area contributed by atoms with Crippen molar-refractivity contribution in [3.8, 4) is 0 Å². The van der Waals surface area contributed by atoms with Gasteiger partial charge in [-0.2, -0.15) is 4.31 Å². The third-order valence-corrected chi connectivity index (χ3v) is 7.70. The molecule has 0 aromatic heterocycles. The first-order valence-corrected chi connectivity index (χ1v) is 11.5. The smallest absolute Gasteiger partial charge is 0.253 e. The van der Waals surface area contributed by atoms with Gasteiger partial charge >= 0.3 is 0 Å². The van der Waals surface area contributed by atoms with E-state index in [-0.39, 0.29) is 22.4 Å². The van der Waals surface area contributed by atoms with E-state index >= 15 is 0 Å². The molecular formula is C22H26N2O3S. The van der Waals surface area contributed by atoms with Gasteiger partial charge in [0.25, 0.3) is 5.91 Å². The van der Waals surface area contributed by atoms with E-state index in [0.29, 0.717) is 13.1 Å². The lowest BCUT2D eigenvalue weighted by Crippen LogP contribution is -2.37. The summed E-state index contributed by atoms with van der Waals surface area (Å²) in [5, 5.41) is 3.08. The summed E-state index contributed by atoms with van der Waals surface area (Å²) in [5.41, 5.74) is 2.63. The zero-order chi connectivity index (χ0) is 19.6. The molecular weight excluding hydrogens is 372 g/mol. The number of carbonyl (C=O) groups is 1. The summed E-state index contributed by atoms with van der Waals surface area (Å²) in [6.45, 7) is 1.04. The number of aryl methyl sites for hydroxylation is 1. The van der Waals surface area contributed by atoms with Crippen molar-refractivity contribution in [1.82, 2.24) is 9.62 Å². The molecule has 0 radical (unpaired) electrons. The van der Waals surface area contributed by atoms with Gasteiger partial charge in [-0.05, 0) is 55.4 Å². The lowest BCUT2D eigenvalue weighted by molar-refractivity contribution is 0.0929. The van der Waals surface area contributed by atoms with E-state index in [9.17, 15) is 13.2 Å². The average Bonchev–Trinajstić information content (AvgIpc) is 2.74. The number of rotatable bonds is 4. The van der Waals surface area contributed by atoms with E-state index in [2.05, 4.69) is 17.4 Å². The van der Waals surface area contributed by atoms with E-state index in [4.69, 9.17) is 0 Å². The Morgan fingerprint density at radius 3 is 2.46 bits per heavy atom.